The van der Waals surface area contributed by atoms with E-state index in [2.05, 4.69) is 0 Å². The van der Waals surface area contributed by atoms with Gasteiger partial charge in [0, 0.05) is 30.8 Å². The van der Waals surface area contributed by atoms with Gasteiger partial charge in [0.1, 0.15) is 11.5 Å². The minimum Gasteiger partial charge on any atom is -0.507 e. The Hall–Kier alpha value is -3.36. The highest BCUT2D eigenvalue weighted by Crippen LogP contribution is 2.35. The van der Waals surface area contributed by atoms with E-state index in [1.807, 2.05) is 31.2 Å². The molecule has 3 aromatic rings. The van der Waals surface area contributed by atoms with Gasteiger partial charge in [-0.15, -0.1) is 0 Å². The number of phenols is 1. The molecule has 3 aromatic carbocycles. The fourth-order valence-corrected chi connectivity index (χ4v) is 5.44. The van der Waals surface area contributed by atoms with Crippen molar-refractivity contribution in [2.24, 2.45) is 5.92 Å². The Balaban J connectivity index is 1.21. The van der Waals surface area contributed by atoms with Gasteiger partial charge in [-0.3, -0.25) is 4.79 Å². The molecule has 1 amide bonds. The molecule has 0 aliphatic carbocycles. The number of hydrogen-bond donors (Lipinski definition) is 1. The molecule has 2 aliphatic heterocycles. The summed E-state index contributed by atoms with van der Waals surface area (Å²) in [5, 5.41) is 10.2. The summed E-state index contributed by atoms with van der Waals surface area (Å²) in [5.74, 6) is 0.810. The smallest absolute Gasteiger partial charge is 0.257 e. The van der Waals surface area contributed by atoms with Crippen molar-refractivity contribution in [3.8, 4) is 22.6 Å². The Labute approximate surface area is 211 Å². The fourth-order valence-electron chi connectivity index (χ4n) is 4.81. The number of amides is 1. The molecule has 2 aliphatic rings. The van der Waals surface area contributed by atoms with Crippen LogP contribution in [0.25, 0.3) is 11.1 Å². The number of aryl methyl sites for hydroxylation is 1. The van der Waals surface area contributed by atoms with Crippen LogP contribution < -0.4 is 4.74 Å². The topological polar surface area (TPSA) is 93.1 Å². The first-order chi connectivity index (χ1) is 17.2. The minimum absolute atomic E-state index is 0.0170. The van der Waals surface area contributed by atoms with E-state index in [9.17, 15) is 18.3 Å². The van der Waals surface area contributed by atoms with Crippen molar-refractivity contribution in [3.05, 3.63) is 77.4 Å². The molecule has 188 valence electrons. The summed E-state index contributed by atoms with van der Waals surface area (Å²) in [5.41, 5.74) is 4.07. The summed E-state index contributed by atoms with van der Waals surface area (Å²) in [6, 6.07) is 17.9. The van der Waals surface area contributed by atoms with Crippen LogP contribution in [0, 0.1) is 12.8 Å². The average molecular weight is 508 g/mol. The van der Waals surface area contributed by atoms with Gasteiger partial charge in [-0.1, -0.05) is 24.3 Å². The number of rotatable bonds is 4. The lowest BCUT2D eigenvalue weighted by molar-refractivity contribution is -0.148. The van der Waals surface area contributed by atoms with Crippen LogP contribution in [-0.4, -0.2) is 50.0 Å². The van der Waals surface area contributed by atoms with Crippen LogP contribution in [0.3, 0.4) is 0 Å². The zero-order valence-electron chi connectivity index (χ0n) is 20.3. The second-order valence-corrected chi connectivity index (χ2v) is 11.6. The zero-order valence-corrected chi connectivity index (χ0v) is 21.1. The number of likely N-dealkylation sites (tertiary alicyclic amines) is 1. The van der Waals surface area contributed by atoms with E-state index in [-0.39, 0.29) is 23.9 Å². The number of sulfone groups is 1. The largest absolute Gasteiger partial charge is 0.507 e. The maximum absolute atomic E-state index is 12.9. The van der Waals surface area contributed by atoms with Crippen LogP contribution in [0.4, 0.5) is 0 Å². The van der Waals surface area contributed by atoms with Crippen molar-refractivity contribution in [2.45, 2.75) is 37.6 Å². The van der Waals surface area contributed by atoms with Crippen LogP contribution in [0.2, 0.25) is 0 Å². The fraction of sp³-hybridized carbons (Fsp3) is 0.321. The van der Waals surface area contributed by atoms with E-state index in [4.69, 9.17) is 9.47 Å². The molecular weight excluding hydrogens is 478 g/mol. The molecule has 7 nitrogen and oxygen atoms in total. The predicted molar refractivity (Wildman–Crippen MR) is 136 cm³/mol. The first-order valence-electron chi connectivity index (χ1n) is 12.0. The lowest BCUT2D eigenvalue weighted by atomic mass is 9.94. The molecule has 1 saturated heterocycles. The molecule has 36 heavy (non-hydrogen) atoms. The Bertz CT molecular complexity index is 1390. The number of piperidine rings is 1. The second kappa shape index (κ2) is 9.59. The second-order valence-electron chi connectivity index (χ2n) is 9.57. The molecule has 1 fully saturated rings. The van der Waals surface area contributed by atoms with Crippen molar-refractivity contribution in [3.63, 3.8) is 0 Å². The van der Waals surface area contributed by atoms with Crippen LogP contribution in [0.5, 0.6) is 11.5 Å². The number of aromatic hydroxyl groups is 1. The van der Waals surface area contributed by atoms with E-state index in [0.29, 0.717) is 30.2 Å². The predicted octanol–water partition coefficient (Wildman–Crippen LogP) is 4.56. The molecule has 0 bridgehead atoms. The Morgan fingerprint density at radius 1 is 0.972 bits per heavy atom. The highest BCUT2D eigenvalue weighted by Gasteiger charge is 2.33. The van der Waals surface area contributed by atoms with Crippen LogP contribution in [0.15, 0.2) is 65.6 Å². The third-order valence-corrected chi connectivity index (χ3v) is 8.05. The first-order valence-corrected chi connectivity index (χ1v) is 13.9. The zero-order chi connectivity index (χ0) is 25.4. The molecule has 0 saturated carbocycles. The Morgan fingerprint density at radius 3 is 2.33 bits per heavy atom. The lowest BCUT2D eigenvalue weighted by Gasteiger charge is -2.37. The van der Waals surface area contributed by atoms with Gasteiger partial charge in [0.2, 0.25) is 6.29 Å². The van der Waals surface area contributed by atoms with E-state index in [1.54, 1.807) is 41.3 Å². The molecule has 1 unspecified atom stereocenters. The molecule has 5 rings (SSSR count). The molecule has 0 radical (unpaired) electrons. The van der Waals surface area contributed by atoms with Crippen molar-refractivity contribution in [1.29, 1.82) is 0 Å². The van der Waals surface area contributed by atoms with Crippen molar-refractivity contribution < 1.29 is 27.8 Å². The Morgan fingerprint density at radius 2 is 1.67 bits per heavy atom. The molecular formula is C28H29NO6S. The minimum atomic E-state index is -3.23. The number of phenolic OH excluding ortho intramolecular Hbond substituents is 1. The number of fused-ring (bicyclic) bond motifs is 1. The first kappa shape index (κ1) is 24.3. The number of hydrogen-bond acceptors (Lipinski definition) is 6. The van der Waals surface area contributed by atoms with Gasteiger partial charge in [0.25, 0.3) is 5.91 Å². The van der Waals surface area contributed by atoms with Gasteiger partial charge in [-0.2, -0.15) is 0 Å². The van der Waals surface area contributed by atoms with E-state index in [1.165, 1.54) is 6.26 Å². The summed E-state index contributed by atoms with van der Waals surface area (Å²) in [6.45, 7) is 3.46. The SMILES string of the molecule is Cc1ccc(C(=O)N2CCC(C3OCc4cc(-c5ccc(S(C)(=O)=O)cc5)ccc4O3)CC2)c(O)c1. The standard InChI is InChI=1S/C28H29NO6S/c1-18-3-9-24(25(30)15-18)27(31)29-13-11-20(12-14-29)28-34-17-22-16-21(6-10-26(22)35-28)19-4-7-23(8-5-19)36(2,32)33/h3-10,15-16,20,28,30H,11-14,17H2,1-2H3. The molecule has 2 heterocycles. The quantitative estimate of drug-likeness (QED) is 0.557. The summed E-state index contributed by atoms with van der Waals surface area (Å²) in [4.78, 5) is 14.9. The monoisotopic (exact) mass is 507 g/mol. The normalized spacial score (nSPS) is 18.4. The van der Waals surface area contributed by atoms with Crippen LogP contribution in [-0.2, 0) is 21.2 Å². The van der Waals surface area contributed by atoms with Gasteiger partial charge in [0.05, 0.1) is 17.1 Å². The molecule has 1 N–H and O–H groups in total. The van der Waals surface area contributed by atoms with Crippen molar-refractivity contribution in [1.82, 2.24) is 4.90 Å². The highest BCUT2D eigenvalue weighted by molar-refractivity contribution is 7.90. The van der Waals surface area contributed by atoms with E-state index < -0.39 is 9.84 Å². The summed E-state index contributed by atoms with van der Waals surface area (Å²) >= 11 is 0. The van der Waals surface area contributed by atoms with Gasteiger partial charge in [0.15, 0.2) is 9.84 Å². The lowest BCUT2D eigenvalue weighted by Crippen LogP contribution is -2.44. The van der Waals surface area contributed by atoms with Crippen LogP contribution in [0.1, 0.15) is 34.3 Å². The van der Waals surface area contributed by atoms with E-state index >= 15 is 0 Å². The van der Waals surface area contributed by atoms with Crippen molar-refractivity contribution >= 4 is 15.7 Å². The molecule has 0 spiro atoms. The number of carbonyl (C=O) groups excluding carboxylic acids is 1. The number of nitrogens with zero attached hydrogens (tertiary/aromatic N) is 1. The van der Waals surface area contributed by atoms with Gasteiger partial charge < -0.3 is 19.5 Å². The van der Waals surface area contributed by atoms with Gasteiger partial charge in [-0.25, -0.2) is 8.42 Å². The molecule has 0 aromatic heterocycles. The van der Waals surface area contributed by atoms with E-state index in [0.717, 1.165) is 40.8 Å². The highest BCUT2D eigenvalue weighted by atomic mass is 32.2. The van der Waals surface area contributed by atoms with Crippen LogP contribution >= 0.6 is 0 Å². The third kappa shape index (κ3) is 4.96. The number of benzene rings is 3. The van der Waals surface area contributed by atoms with Gasteiger partial charge in [-0.05, 0) is 72.9 Å². The summed E-state index contributed by atoms with van der Waals surface area (Å²) in [6.07, 6.45) is 2.33. The summed E-state index contributed by atoms with van der Waals surface area (Å²) in [7, 11) is -3.23. The summed E-state index contributed by atoms with van der Waals surface area (Å²) < 4.78 is 35.7. The maximum atomic E-state index is 12.9. The Kier molecular flexibility index (Phi) is 6.49. The van der Waals surface area contributed by atoms with Gasteiger partial charge >= 0.3 is 0 Å². The molecule has 1 atom stereocenters. The maximum Gasteiger partial charge on any atom is 0.257 e. The van der Waals surface area contributed by atoms with Crippen molar-refractivity contribution in [2.75, 3.05) is 19.3 Å². The third-order valence-electron chi connectivity index (χ3n) is 6.92. The average Bonchev–Trinajstić information content (AvgIpc) is 2.87. The molecule has 8 heteroatoms. The number of ether oxygens (including phenoxy) is 2. The number of carbonyl (C=O) groups is 1.